The number of amides is 1. The van der Waals surface area contributed by atoms with Crippen LogP contribution in [0.25, 0.3) is 16.5 Å². The number of hydrogen-bond donors (Lipinski definition) is 1. The van der Waals surface area contributed by atoms with E-state index < -0.39 is 17.7 Å². The van der Waals surface area contributed by atoms with Gasteiger partial charge in [0, 0.05) is 43.5 Å². The van der Waals surface area contributed by atoms with E-state index in [1.54, 1.807) is 24.3 Å². The Balaban J connectivity index is 1.77. The maximum atomic E-state index is 13.6. The largest absolute Gasteiger partial charge is 0.507 e. The molecular weight excluding hydrogens is 480 g/mol. The maximum Gasteiger partial charge on any atom is 0.300 e. The van der Waals surface area contributed by atoms with Crippen molar-refractivity contribution in [3.05, 3.63) is 102 Å². The number of aliphatic hydroxyl groups is 1. The highest BCUT2D eigenvalue weighted by molar-refractivity contribution is 6.51. The Hall–Kier alpha value is -4.78. The number of hydrogen-bond acceptors (Lipinski definition) is 6. The van der Waals surface area contributed by atoms with Gasteiger partial charge in [0.05, 0.1) is 31.5 Å². The van der Waals surface area contributed by atoms with Crippen molar-refractivity contribution in [2.75, 3.05) is 38.1 Å². The Bertz CT molecular complexity index is 1550. The average Bonchev–Trinajstić information content (AvgIpc) is 3.21. The number of aliphatic hydroxyl groups excluding tert-OH is 1. The van der Waals surface area contributed by atoms with Gasteiger partial charge in [0.2, 0.25) is 0 Å². The molecule has 0 saturated carbocycles. The third-order valence-electron chi connectivity index (χ3n) is 6.83. The fourth-order valence-corrected chi connectivity index (χ4v) is 4.88. The summed E-state index contributed by atoms with van der Waals surface area (Å²) >= 11 is 0. The molecule has 38 heavy (non-hydrogen) atoms. The zero-order chi connectivity index (χ0) is 27.0. The number of Topliss-reactive ketones (excluding diaryl/α,β-unsaturated/α-hetero) is 1. The van der Waals surface area contributed by atoms with Gasteiger partial charge in [0.15, 0.2) is 0 Å². The zero-order valence-corrected chi connectivity index (χ0v) is 21.6. The number of nitrogens with zero attached hydrogens (tertiary/aromatic N) is 2. The predicted octanol–water partition coefficient (Wildman–Crippen LogP) is 5.55. The molecule has 1 fully saturated rings. The van der Waals surface area contributed by atoms with E-state index in [-0.39, 0.29) is 11.3 Å². The minimum Gasteiger partial charge on any atom is -0.507 e. The molecule has 1 aliphatic heterocycles. The molecule has 1 saturated heterocycles. The Morgan fingerprint density at radius 2 is 1.47 bits per heavy atom. The molecule has 5 rings (SSSR count). The van der Waals surface area contributed by atoms with E-state index in [2.05, 4.69) is 0 Å². The quantitative estimate of drug-likeness (QED) is 0.209. The normalized spacial score (nSPS) is 16.6. The molecule has 0 bridgehead atoms. The molecule has 0 spiro atoms. The Kier molecular flexibility index (Phi) is 6.51. The van der Waals surface area contributed by atoms with E-state index >= 15 is 0 Å². The van der Waals surface area contributed by atoms with Crippen LogP contribution >= 0.6 is 0 Å². The molecule has 4 aromatic carbocycles. The van der Waals surface area contributed by atoms with Crippen LogP contribution < -0.4 is 19.3 Å². The van der Waals surface area contributed by atoms with Crippen LogP contribution in [-0.4, -0.2) is 45.1 Å². The summed E-state index contributed by atoms with van der Waals surface area (Å²) in [6, 6.07) is 24.8. The summed E-state index contributed by atoms with van der Waals surface area (Å²) in [4.78, 5) is 30.6. The molecule has 0 aromatic heterocycles. The number of methoxy groups -OCH3 is 2. The van der Waals surface area contributed by atoms with Gasteiger partial charge in [-0.1, -0.05) is 54.6 Å². The molecular formula is C31H28N2O5. The molecule has 1 heterocycles. The summed E-state index contributed by atoms with van der Waals surface area (Å²) < 4.78 is 10.8. The second-order valence-corrected chi connectivity index (χ2v) is 9.25. The minimum atomic E-state index is -0.873. The lowest BCUT2D eigenvalue weighted by molar-refractivity contribution is -0.132. The average molecular weight is 509 g/mol. The molecule has 4 aromatic rings. The highest BCUT2D eigenvalue weighted by Crippen LogP contribution is 2.44. The first-order valence-corrected chi connectivity index (χ1v) is 12.1. The van der Waals surface area contributed by atoms with Crippen molar-refractivity contribution >= 4 is 39.6 Å². The van der Waals surface area contributed by atoms with Crippen LogP contribution in [-0.2, 0) is 9.59 Å². The molecule has 1 atom stereocenters. The lowest BCUT2D eigenvalue weighted by Crippen LogP contribution is -2.29. The second-order valence-electron chi connectivity index (χ2n) is 9.25. The summed E-state index contributed by atoms with van der Waals surface area (Å²) in [5.74, 6) is -0.795. The third-order valence-corrected chi connectivity index (χ3v) is 6.83. The second kappa shape index (κ2) is 9.94. The number of ketones is 1. The number of rotatable bonds is 6. The standard InChI is InChI=1S/C31H28N2O5/c1-32(2)21-14-12-20(13-15-21)28-27(29(34)26-11-7-9-19-8-5-6-10-25(19)26)30(35)31(36)33(28)22-16-23(37-3)18-24(17-22)38-4/h5-18,28,34H,1-4H3/b29-27-. The molecule has 7 nitrogen and oxygen atoms in total. The first-order chi connectivity index (χ1) is 18.3. The van der Waals surface area contributed by atoms with Crippen LogP contribution in [0.15, 0.2) is 90.5 Å². The summed E-state index contributed by atoms with van der Waals surface area (Å²) in [7, 11) is 6.91. The number of carbonyl (C=O) groups excluding carboxylic acids is 2. The van der Waals surface area contributed by atoms with Gasteiger partial charge in [-0.25, -0.2) is 0 Å². The van der Waals surface area contributed by atoms with Crippen LogP contribution in [0.5, 0.6) is 11.5 Å². The molecule has 1 amide bonds. The van der Waals surface area contributed by atoms with E-state index in [0.717, 1.165) is 16.5 Å². The van der Waals surface area contributed by atoms with Gasteiger partial charge in [0.1, 0.15) is 17.3 Å². The van der Waals surface area contributed by atoms with Gasteiger partial charge in [0.25, 0.3) is 11.7 Å². The number of benzene rings is 4. The fourth-order valence-electron chi connectivity index (χ4n) is 4.88. The van der Waals surface area contributed by atoms with E-state index in [0.29, 0.717) is 28.3 Å². The fraction of sp³-hybridized carbons (Fsp3) is 0.161. The molecule has 0 aliphatic carbocycles. The molecule has 7 heteroatoms. The van der Waals surface area contributed by atoms with Crippen molar-refractivity contribution in [2.45, 2.75) is 6.04 Å². The third kappa shape index (κ3) is 4.22. The van der Waals surface area contributed by atoms with Crippen molar-refractivity contribution in [3.63, 3.8) is 0 Å². The molecule has 0 radical (unpaired) electrons. The minimum absolute atomic E-state index is 0.0192. The van der Waals surface area contributed by atoms with Crippen molar-refractivity contribution in [3.8, 4) is 11.5 Å². The van der Waals surface area contributed by atoms with Crippen LogP contribution in [0.1, 0.15) is 17.2 Å². The predicted molar refractivity (Wildman–Crippen MR) is 149 cm³/mol. The molecule has 1 unspecified atom stereocenters. The highest BCUT2D eigenvalue weighted by atomic mass is 16.5. The molecule has 1 aliphatic rings. The lowest BCUT2D eigenvalue weighted by Gasteiger charge is -2.26. The van der Waals surface area contributed by atoms with E-state index in [9.17, 15) is 14.7 Å². The maximum absolute atomic E-state index is 13.6. The van der Waals surface area contributed by atoms with Gasteiger partial charge >= 0.3 is 0 Å². The molecule has 192 valence electrons. The van der Waals surface area contributed by atoms with Crippen LogP contribution in [0.3, 0.4) is 0 Å². The summed E-state index contributed by atoms with van der Waals surface area (Å²) in [5, 5.41) is 13.4. The van der Waals surface area contributed by atoms with Crippen molar-refractivity contribution in [1.29, 1.82) is 0 Å². The summed E-state index contributed by atoms with van der Waals surface area (Å²) in [5.41, 5.74) is 2.56. The van der Waals surface area contributed by atoms with Crippen molar-refractivity contribution in [2.24, 2.45) is 0 Å². The summed E-state index contributed by atoms with van der Waals surface area (Å²) in [6.45, 7) is 0. The molecule has 1 N–H and O–H groups in total. The van der Waals surface area contributed by atoms with Gasteiger partial charge < -0.3 is 19.5 Å². The van der Waals surface area contributed by atoms with Gasteiger partial charge in [-0.15, -0.1) is 0 Å². The van der Waals surface area contributed by atoms with Gasteiger partial charge in [-0.3, -0.25) is 14.5 Å². The van der Waals surface area contributed by atoms with Crippen LogP contribution in [0.2, 0.25) is 0 Å². The van der Waals surface area contributed by atoms with Gasteiger partial charge in [-0.2, -0.15) is 0 Å². The van der Waals surface area contributed by atoms with Crippen molar-refractivity contribution < 1.29 is 24.2 Å². The van der Waals surface area contributed by atoms with E-state index in [4.69, 9.17) is 9.47 Å². The smallest absolute Gasteiger partial charge is 0.300 e. The number of carbonyl (C=O) groups is 2. The topological polar surface area (TPSA) is 79.3 Å². The monoisotopic (exact) mass is 508 g/mol. The first-order valence-electron chi connectivity index (χ1n) is 12.1. The summed E-state index contributed by atoms with van der Waals surface area (Å²) in [6.07, 6.45) is 0. The first kappa shape index (κ1) is 24.9. The lowest BCUT2D eigenvalue weighted by atomic mass is 9.93. The number of ether oxygens (including phenoxy) is 2. The van der Waals surface area contributed by atoms with Crippen molar-refractivity contribution in [1.82, 2.24) is 0 Å². The SMILES string of the molecule is COc1cc(OC)cc(N2C(=O)C(=O)/C(=C(\O)c3cccc4ccccc34)C2c2ccc(N(C)C)cc2)c1. The zero-order valence-electron chi connectivity index (χ0n) is 21.6. The van der Waals surface area contributed by atoms with E-state index in [1.165, 1.54) is 19.1 Å². The van der Waals surface area contributed by atoms with Crippen LogP contribution in [0.4, 0.5) is 11.4 Å². The Morgan fingerprint density at radius 3 is 2.11 bits per heavy atom. The number of anilines is 2. The van der Waals surface area contributed by atoms with E-state index in [1.807, 2.05) is 79.7 Å². The Morgan fingerprint density at radius 1 is 0.842 bits per heavy atom. The number of fused-ring (bicyclic) bond motifs is 1. The Labute approximate surface area is 221 Å². The van der Waals surface area contributed by atoms with Crippen LogP contribution in [0, 0.1) is 0 Å². The highest BCUT2D eigenvalue weighted by Gasteiger charge is 2.47. The van der Waals surface area contributed by atoms with Gasteiger partial charge in [-0.05, 0) is 28.5 Å².